The van der Waals surface area contributed by atoms with E-state index in [1.165, 1.54) is 4.90 Å². The first-order chi connectivity index (χ1) is 12.1. The maximum atomic E-state index is 12.5. The number of carbonyl (C=O) groups is 2. The highest BCUT2D eigenvalue weighted by molar-refractivity contribution is 5.97. The molecule has 1 aliphatic carbocycles. The quantitative estimate of drug-likeness (QED) is 0.830. The minimum atomic E-state index is -0.268. The molecular weight excluding hydrogens is 322 g/mol. The van der Waals surface area contributed by atoms with Gasteiger partial charge < -0.3 is 19.5 Å². The number of likely N-dealkylation sites (N-methyl/N-ethyl adjacent to an activating group) is 1. The van der Waals surface area contributed by atoms with Gasteiger partial charge in [-0.1, -0.05) is 17.3 Å². The molecular formula is C18H21N3O4. The molecule has 0 bridgehead atoms. The van der Waals surface area contributed by atoms with Crippen LogP contribution in [0.4, 0.5) is 0 Å². The number of rotatable bonds is 7. The third kappa shape index (κ3) is 4.17. The van der Waals surface area contributed by atoms with Crippen molar-refractivity contribution in [2.24, 2.45) is 0 Å². The van der Waals surface area contributed by atoms with Crippen LogP contribution in [0.1, 0.15) is 40.4 Å². The summed E-state index contributed by atoms with van der Waals surface area (Å²) in [7, 11) is 3.31. The van der Waals surface area contributed by atoms with Crippen LogP contribution >= 0.6 is 0 Å². The molecule has 3 rings (SSSR count). The Morgan fingerprint density at radius 2 is 2.08 bits per heavy atom. The monoisotopic (exact) mass is 343 g/mol. The van der Waals surface area contributed by atoms with Gasteiger partial charge in [-0.05, 0) is 25.0 Å². The maximum absolute atomic E-state index is 12.5. The molecule has 0 spiro atoms. The zero-order chi connectivity index (χ0) is 17.8. The molecule has 2 aromatic rings. The molecule has 7 heteroatoms. The predicted octanol–water partition coefficient (Wildman–Crippen LogP) is 1.95. The Kier molecular flexibility index (Phi) is 5.02. The highest BCUT2D eigenvalue weighted by Crippen LogP contribution is 2.41. The molecule has 7 nitrogen and oxygen atoms in total. The van der Waals surface area contributed by atoms with Gasteiger partial charge in [0.25, 0.3) is 11.8 Å². The van der Waals surface area contributed by atoms with E-state index in [-0.39, 0.29) is 18.4 Å². The second-order valence-corrected chi connectivity index (χ2v) is 6.25. The van der Waals surface area contributed by atoms with Crippen molar-refractivity contribution in [3.05, 3.63) is 47.3 Å². The Morgan fingerprint density at radius 1 is 1.32 bits per heavy atom. The van der Waals surface area contributed by atoms with Gasteiger partial charge in [-0.3, -0.25) is 9.59 Å². The van der Waals surface area contributed by atoms with Crippen molar-refractivity contribution in [1.29, 1.82) is 0 Å². The Labute approximate surface area is 145 Å². The average Bonchev–Trinajstić information content (AvgIpc) is 3.35. The fraction of sp³-hybridized carbons (Fsp3) is 0.389. The molecule has 1 aromatic heterocycles. The van der Waals surface area contributed by atoms with Crippen molar-refractivity contribution >= 4 is 11.8 Å². The lowest BCUT2D eigenvalue weighted by Gasteiger charge is -2.14. The lowest BCUT2D eigenvalue weighted by molar-refractivity contribution is -0.130. The van der Waals surface area contributed by atoms with Crippen LogP contribution in [0.5, 0.6) is 5.75 Å². The highest BCUT2D eigenvalue weighted by Gasteiger charge is 2.30. The van der Waals surface area contributed by atoms with Gasteiger partial charge >= 0.3 is 0 Å². The Bertz CT molecular complexity index is 765. The number of amides is 2. The third-order valence-corrected chi connectivity index (χ3v) is 4.05. The second-order valence-electron chi connectivity index (χ2n) is 6.25. The summed E-state index contributed by atoms with van der Waals surface area (Å²) in [4.78, 5) is 25.6. The van der Waals surface area contributed by atoms with E-state index < -0.39 is 0 Å². The Balaban J connectivity index is 1.63. The van der Waals surface area contributed by atoms with Crippen molar-refractivity contribution in [2.45, 2.75) is 25.3 Å². The fourth-order valence-electron chi connectivity index (χ4n) is 2.40. The Morgan fingerprint density at radius 3 is 2.80 bits per heavy atom. The van der Waals surface area contributed by atoms with Crippen molar-refractivity contribution in [3.63, 3.8) is 0 Å². The van der Waals surface area contributed by atoms with Gasteiger partial charge in [0.1, 0.15) is 11.5 Å². The molecule has 0 atom stereocenters. The van der Waals surface area contributed by atoms with Crippen LogP contribution in [0.3, 0.4) is 0 Å². The number of nitrogens with zero attached hydrogens (tertiary/aromatic N) is 2. The number of ether oxygens (including phenoxy) is 1. The van der Waals surface area contributed by atoms with E-state index in [9.17, 15) is 9.59 Å². The molecule has 1 aliphatic rings. The fourth-order valence-corrected chi connectivity index (χ4v) is 2.40. The van der Waals surface area contributed by atoms with Crippen LogP contribution in [0.2, 0.25) is 0 Å². The smallest absolute Gasteiger partial charge is 0.259 e. The molecule has 1 saturated carbocycles. The van der Waals surface area contributed by atoms with Crippen LogP contribution < -0.4 is 10.1 Å². The third-order valence-electron chi connectivity index (χ3n) is 4.05. The van der Waals surface area contributed by atoms with Gasteiger partial charge in [-0.25, -0.2) is 0 Å². The summed E-state index contributed by atoms with van der Waals surface area (Å²) in [6.45, 7) is 0.230. The van der Waals surface area contributed by atoms with Gasteiger partial charge in [-0.2, -0.15) is 0 Å². The summed E-state index contributed by atoms with van der Waals surface area (Å²) < 4.78 is 10.8. The van der Waals surface area contributed by atoms with Gasteiger partial charge in [0.05, 0.1) is 11.8 Å². The van der Waals surface area contributed by atoms with E-state index in [1.807, 2.05) is 0 Å². The topological polar surface area (TPSA) is 84.7 Å². The summed E-state index contributed by atoms with van der Waals surface area (Å²) in [6, 6.07) is 6.86. The van der Waals surface area contributed by atoms with E-state index in [2.05, 4.69) is 10.5 Å². The first-order valence-electron chi connectivity index (χ1n) is 8.20. The number of aromatic nitrogens is 1. The molecule has 132 valence electrons. The van der Waals surface area contributed by atoms with Crippen molar-refractivity contribution < 1.29 is 18.8 Å². The second kappa shape index (κ2) is 7.38. The predicted molar refractivity (Wildman–Crippen MR) is 90.3 cm³/mol. The molecule has 1 N–H and O–H groups in total. The molecule has 0 unspecified atom stereocenters. The van der Waals surface area contributed by atoms with Gasteiger partial charge in [0.15, 0.2) is 6.61 Å². The van der Waals surface area contributed by atoms with Crippen LogP contribution in [0, 0.1) is 0 Å². The summed E-state index contributed by atoms with van der Waals surface area (Å²) >= 11 is 0. The van der Waals surface area contributed by atoms with E-state index in [0.717, 1.165) is 24.2 Å². The number of benzene rings is 1. The highest BCUT2D eigenvalue weighted by atomic mass is 16.5. The zero-order valence-electron chi connectivity index (χ0n) is 14.3. The number of carbonyl (C=O) groups excluding carboxylic acids is 2. The van der Waals surface area contributed by atoms with Gasteiger partial charge in [0, 0.05) is 32.1 Å². The van der Waals surface area contributed by atoms with Crippen molar-refractivity contribution in [1.82, 2.24) is 15.4 Å². The average molecular weight is 343 g/mol. The molecule has 2 amide bonds. The standard InChI is InChI=1S/C18H21N3O4/c1-21(2)16(22)11-24-15-6-4-3-5-14(15)18(23)19-9-13-10-20-25-17(13)12-7-8-12/h3-6,10,12H,7-9,11H2,1-2H3,(H,19,23). The summed E-state index contributed by atoms with van der Waals surface area (Å²) in [5, 5.41) is 6.68. The van der Waals surface area contributed by atoms with Gasteiger partial charge in [0.2, 0.25) is 0 Å². The van der Waals surface area contributed by atoms with Crippen molar-refractivity contribution in [3.8, 4) is 5.75 Å². The zero-order valence-corrected chi connectivity index (χ0v) is 14.3. The summed E-state index contributed by atoms with van der Waals surface area (Å²) in [5.41, 5.74) is 1.29. The minimum absolute atomic E-state index is 0.116. The van der Waals surface area contributed by atoms with Crippen molar-refractivity contribution in [2.75, 3.05) is 20.7 Å². The molecule has 25 heavy (non-hydrogen) atoms. The Hall–Kier alpha value is -2.83. The SMILES string of the molecule is CN(C)C(=O)COc1ccccc1C(=O)NCc1cnoc1C1CC1. The van der Waals surface area contributed by atoms with E-state index >= 15 is 0 Å². The first kappa shape index (κ1) is 17.0. The van der Waals surface area contributed by atoms with E-state index in [1.54, 1.807) is 44.6 Å². The molecule has 1 heterocycles. The largest absolute Gasteiger partial charge is 0.483 e. The van der Waals surface area contributed by atoms with E-state index in [0.29, 0.717) is 23.8 Å². The van der Waals surface area contributed by atoms with Crippen LogP contribution in [0.15, 0.2) is 35.0 Å². The lowest BCUT2D eigenvalue weighted by atomic mass is 10.1. The van der Waals surface area contributed by atoms with Crippen LogP contribution in [-0.4, -0.2) is 42.6 Å². The number of nitrogens with one attached hydrogen (secondary N) is 1. The van der Waals surface area contributed by atoms with Gasteiger partial charge in [-0.15, -0.1) is 0 Å². The van der Waals surface area contributed by atoms with E-state index in [4.69, 9.17) is 9.26 Å². The molecule has 0 aliphatic heterocycles. The lowest BCUT2D eigenvalue weighted by Crippen LogP contribution is -2.28. The molecule has 0 radical (unpaired) electrons. The minimum Gasteiger partial charge on any atom is -0.483 e. The van der Waals surface area contributed by atoms with Crippen LogP contribution in [0.25, 0.3) is 0 Å². The number of hydrogen-bond acceptors (Lipinski definition) is 5. The molecule has 0 saturated heterocycles. The normalized spacial score (nSPS) is 13.4. The maximum Gasteiger partial charge on any atom is 0.259 e. The summed E-state index contributed by atoms with van der Waals surface area (Å²) in [6.07, 6.45) is 3.85. The molecule has 1 fully saturated rings. The number of para-hydroxylation sites is 1. The first-order valence-corrected chi connectivity index (χ1v) is 8.20. The summed E-state index contributed by atoms with van der Waals surface area (Å²) in [5.74, 6) is 1.23. The van der Waals surface area contributed by atoms with Crippen LogP contribution in [-0.2, 0) is 11.3 Å². The number of hydrogen-bond donors (Lipinski definition) is 1. The molecule has 1 aromatic carbocycles.